The second kappa shape index (κ2) is 10.8. The molecule has 0 aliphatic rings. The highest BCUT2D eigenvalue weighted by molar-refractivity contribution is 7.92. The molecule has 0 unspecified atom stereocenters. The van der Waals surface area contributed by atoms with Crippen LogP contribution in [-0.2, 0) is 14.8 Å². The van der Waals surface area contributed by atoms with Crippen LogP contribution in [0.15, 0.2) is 65.6 Å². The quantitative estimate of drug-likeness (QED) is 0.464. The van der Waals surface area contributed by atoms with Crippen molar-refractivity contribution in [1.29, 1.82) is 0 Å². The number of carbonyl (C=O) groups excluding carboxylic acids is 1. The number of methoxy groups -OCH3 is 2. The lowest BCUT2D eigenvalue weighted by Crippen LogP contribution is -2.41. The Labute approximate surface area is 207 Å². The van der Waals surface area contributed by atoms with E-state index in [0.717, 1.165) is 26.6 Å². The zero-order valence-corrected chi connectivity index (χ0v) is 21.8. The second-order valence-corrected chi connectivity index (χ2v) is 10.4. The van der Waals surface area contributed by atoms with Gasteiger partial charge >= 0.3 is 0 Å². The summed E-state index contributed by atoms with van der Waals surface area (Å²) in [6.07, 6.45) is 0. The first-order valence-corrected chi connectivity index (χ1v) is 12.7. The molecule has 3 aromatic rings. The van der Waals surface area contributed by atoms with E-state index in [1.54, 1.807) is 68.8 Å². The molecule has 0 saturated carbocycles. The molecule has 0 aliphatic carbocycles. The van der Waals surface area contributed by atoms with Crippen molar-refractivity contribution in [3.8, 4) is 11.5 Å². The summed E-state index contributed by atoms with van der Waals surface area (Å²) in [5.41, 5.74) is 3.91. The maximum Gasteiger partial charge on any atom is 0.264 e. The normalized spacial score (nSPS) is 12.1. The number of hydrogen-bond donors (Lipinski definition) is 1. The number of carbonyl (C=O) groups is 1. The standard InChI is InChI=1S/C27H32N2O5S/c1-18-7-10-24(11-8-18)35(31,32)29(22-14-19(2)13-20(3)15-22)17-27(30)28-21(4)25-16-23(33-5)9-12-26(25)34-6/h7-16,21H,17H2,1-6H3,(H,28,30)/t21-/m1/s1. The van der Waals surface area contributed by atoms with Gasteiger partial charge in [0, 0.05) is 5.56 Å². The Morgan fingerprint density at radius 3 is 2.09 bits per heavy atom. The van der Waals surface area contributed by atoms with Gasteiger partial charge in [-0.15, -0.1) is 0 Å². The van der Waals surface area contributed by atoms with Crippen molar-refractivity contribution >= 4 is 21.6 Å². The number of anilines is 1. The smallest absolute Gasteiger partial charge is 0.264 e. The fraction of sp³-hybridized carbons (Fsp3) is 0.296. The molecule has 186 valence electrons. The molecule has 0 fully saturated rings. The monoisotopic (exact) mass is 496 g/mol. The third kappa shape index (κ3) is 6.14. The zero-order chi connectivity index (χ0) is 25.8. The SMILES string of the molecule is COc1ccc(OC)c([C@@H](C)NC(=O)CN(c2cc(C)cc(C)c2)S(=O)(=O)c2ccc(C)cc2)c1. The van der Waals surface area contributed by atoms with Crippen molar-refractivity contribution in [2.24, 2.45) is 0 Å². The first kappa shape index (κ1) is 26.1. The van der Waals surface area contributed by atoms with Gasteiger partial charge in [0.15, 0.2) is 0 Å². The summed E-state index contributed by atoms with van der Waals surface area (Å²) in [4.78, 5) is 13.3. The maximum atomic E-state index is 13.7. The van der Waals surface area contributed by atoms with Crippen LogP contribution in [0.4, 0.5) is 5.69 Å². The number of ether oxygens (including phenoxy) is 2. The summed E-state index contributed by atoms with van der Waals surface area (Å²) in [6, 6.07) is 17.0. The molecule has 0 spiro atoms. The van der Waals surface area contributed by atoms with E-state index in [9.17, 15) is 13.2 Å². The van der Waals surface area contributed by atoms with Crippen molar-refractivity contribution in [3.05, 3.63) is 82.9 Å². The van der Waals surface area contributed by atoms with E-state index in [0.29, 0.717) is 17.2 Å². The molecule has 0 radical (unpaired) electrons. The number of rotatable bonds is 9. The third-order valence-electron chi connectivity index (χ3n) is 5.67. The second-order valence-electron chi connectivity index (χ2n) is 8.57. The highest BCUT2D eigenvalue weighted by atomic mass is 32.2. The molecule has 3 aromatic carbocycles. The number of aryl methyl sites for hydroxylation is 3. The summed E-state index contributed by atoms with van der Waals surface area (Å²) in [5.74, 6) is 0.773. The largest absolute Gasteiger partial charge is 0.497 e. The average Bonchev–Trinajstić information content (AvgIpc) is 2.81. The fourth-order valence-corrected chi connectivity index (χ4v) is 5.32. The van der Waals surface area contributed by atoms with Crippen LogP contribution in [0.5, 0.6) is 11.5 Å². The average molecular weight is 497 g/mol. The summed E-state index contributed by atoms with van der Waals surface area (Å²) < 4.78 is 39.2. The predicted octanol–water partition coefficient (Wildman–Crippen LogP) is 4.70. The van der Waals surface area contributed by atoms with Crippen LogP contribution in [0, 0.1) is 20.8 Å². The van der Waals surface area contributed by atoms with Gasteiger partial charge in [-0.1, -0.05) is 23.8 Å². The lowest BCUT2D eigenvalue weighted by molar-refractivity contribution is -0.120. The van der Waals surface area contributed by atoms with Crippen LogP contribution in [0.2, 0.25) is 0 Å². The molecule has 1 amide bonds. The van der Waals surface area contributed by atoms with E-state index in [1.807, 2.05) is 33.8 Å². The van der Waals surface area contributed by atoms with Gasteiger partial charge < -0.3 is 14.8 Å². The Bertz CT molecular complexity index is 1280. The van der Waals surface area contributed by atoms with Gasteiger partial charge in [-0.25, -0.2) is 8.42 Å². The lowest BCUT2D eigenvalue weighted by Gasteiger charge is -2.26. The van der Waals surface area contributed by atoms with Gasteiger partial charge in [0.25, 0.3) is 10.0 Å². The molecule has 0 heterocycles. The minimum absolute atomic E-state index is 0.123. The summed E-state index contributed by atoms with van der Waals surface area (Å²) >= 11 is 0. The van der Waals surface area contributed by atoms with E-state index in [-0.39, 0.29) is 11.4 Å². The summed E-state index contributed by atoms with van der Waals surface area (Å²) in [6.45, 7) is 7.11. The Hall–Kier alpha value is -3.52. The number of nitrogens with zero attached hydrogens (tertiary/aromatic N) is 1. The van der Waals surface area contributed by atoms with E-state index < -0.39 is 22.0 Å². The van der Waals surface area contributed by atoms with Gasteiger partial charge in [0.2, 0.25) is 5.91 Å². The van der Waals surface area contributed by atoms with Crippen LogP contribution in [0.3, 0.4) is 0 Å². The molecular weight excluding hydrogens is 464 g/mol. The van der Waals surface area contributed by atoms with Gasteiger partial charge in [-0.3, -0.25) is 9.10 Å². The topological polar surface area (TPSA) is 84.9 Å². The Balaban J connectivity index is 1.95. The van der Waals surface area contributed by atoms with Crippen molar-refractivity contribution in [2.75, 3.05) is 25.1 Å². The molecule has 8 heteroatoms. The molecule has 35 heavy (non-hydrogen) atoms. The van der Waals surface area contributed by atoms with Crippen LogP contribution in [-0.4, -0.2) is 35.1 Å². The van der Waals surface area contributed by atoms with Crippen LogP contribution >= 0.6 is 0 Å². The van der Waals surface area contributed by atoms with Gasteiger partial charge in [0.1, 0.15) is 18.0 Å². The van der Waals surface area contributed by atoms with Crippen LogP contribution < -0.4 is 19.1 Å². The Kier molecular flexibility index (Phi) is 8.07. The first-order chi connectivity index (χ1) is 16.5. The third-order valence-corrected chi connectivity index (χ3v) is 7.46. The molecule has 0 bridgehead atoms. The number of hydrogen-bond acceptors (Lipinski definition) is 5. The van der Waals surface area contributed by atoms with Crippen LogP contribution in [0.1, 0.15) is 35.2 Å². The van der Waals surface area contributed by atoms with Crippen molar-refractivity contribution in [3.63, 3.8) is 0 Å². The Morgan fingerprint density at radius 2 is 1.51 bits per heavy atom. The van der Waals surface area contributed by atoms with Crippen molar-refractivity contribution in [2.45, 2.75) is 38.6 Å². The molecule has 0 aromatic heterocycles. The fourth-order valence-electron chi connectivity index (χ4n) is 3.92. The molecule has 3 rings (SSSR count). The zero-order valence-electron chi connectivity index (χ0n) is 21.0. The minimum atomic E-state index is -4.00. The summed E-state index contributed by atoms with van der Waals surface area (Å²) in [5, 5.41) is 2.90. The summed E-state index contributed by atoms with van der Waals surface area (Å²) in [7, 11) is -0.882. The van der Waals surface area contributed by atoms with Crippen LogP contribution in [0.25, 0.3) is 0 Å². The number of sulfonamides is 1. The lowest BCUT2D eigenvalue weighted by atomic mass is 10.1. The first-order valence-electron chi connectivity index (χ1n) is 11.2. The highest BCUT2D eigenvalue weighted by Gasteiger charge is 2.28. The minimum Gasteiger partial charge on any atom is -0.497 e. The predicted molar refractivity (Wildman–Crippen MR) is 138 cm³/mol. The van der Waals surface area contributed by atoms with Gasteiger partial charge in [-0.2, -0.15) is 0 Å². The Morgan fingerprint density at radius 1 is 0.886 bits per heavy atom. The van der Waals surface area contributed by atoms with Gasteiger partial charge in [0.05, 0.1) is 30.8 Å². The van der Waals surface area contributed by atoms with E-state index >= 15 is 0 Å². The van der Waals surface area contributed by atoms with E-state index in [1.165, 1.54) is 0 Å². The van der Waals surface area contributed by atoms with Crippen molar-refractivity contribution in [1.82, 2.24) is 5.32 Å². The maximum absolute atomic E-state index is 13.7. The molecule has 7 nitrogen and oxygen atoms in total. The highest BCUT2D eigenvalue weighted by Crippen LogP contribution is 2.30. The number of benzene rings is 3. The number of amides is 1. The molecule has 0 aliphatic heterocycles. The molecular formula is C27H32N2O5S. The molecule has 1 N–H and O–H groups in total. The van der Waals surface area contributed by atoms with E-state index in [2.05, 4.69) is 5.32 Å². The molecule has 0 saturated heterocycles. The van der Waals surface area contributed by atoms with E-state index in [4.69, 9.17) is 9.47 Å². The molecule has 1 atom stereocenters. The van der Waals surface area contributed by atoms with Gasteiger partial charge in [-0.05, 0) is 81.3 Å². The van der Waals surface area contributed by atoms with Crippen molar-refractivity contribution < 1.29 is 22.7 Å². The number of nitrogens with one attached hydrogen (secondary N) is 1.